The first kappa shape index (κ1) is 16.0. The monoisotopic (exact) mass is 339 g/mol. The number of likely N-dealkylation sites (tertiary alicyclic amines) is 1. The smallest absolute Gasteiger partial charge is 0.244 e. The maximum atomic E-state index is 5.60. The molecule has 0 amide bonds. The minimum atomic E-state index is 0.125. The highest BCUT2D eigenvalue weighted by molar-refractivity contribution is 5.51. The molecular weight excluding hydrogens is 318 g/mol. The number of aryl methyl sites for hydroxylation is 2. The van der Waals surface area contributed by atoms with Crippen molar-refractivity contribution < 1.29 is 9.05 Å². The fourth-order valence-electron chi connectivity index (χ4n) is 3.37. The fraction of sp³-hybridized carbons (Fsp3) is 0.444. The van der Waals surface area contributed by atoms with E-state index in [1.54, 1.807) is 12.4 Å². The second kappa shape index (κ2) is 6.76. The van der Waals surface area contributed by atoms with Crippen molar-refractivity contribution in [1.82, 2.24) is 25.2 Å². The Morgan fingerprint density at radius 2 is 2.12 bits per heavy atom. The van der Waals surface area contributed by atoms with E-state index in [4.69, 9.17) is 9.05 Å². The van der Waals surface area contributed by atoms with Crippen LogP contribution in [0.1, 0.15) is 48.2 Å². The predicted molar refractivity (Wildman–Crippen MR) is 90.5 cm³/mol. The SMILES string of the molecule is Cc1noc(C)c1CN1CCCCC1c1nc(-c2cccnc2)no1. The Balaban J connectivity index is 1.58. The average Bonchev–Trinajstić information content (AvgIpc) is 3.26. The van der Waals surface area contributed by atoms with Crippen molar-refractivity contribution in [2.75, 3.05) is 6.54 Å². The molecule has 0 bridgehead atoms. The summed E-state index contributed by atoms with van der Waals surface area (Å²) in [7, 11) is 0. The van der Waals surface area contributed by atoms with E-state index in [1.807, 2.05) is 26.0 Å². The van der Waals surface area contributed by atoms with Crippen LogP contribution >= 0.6 is 0 Å². The molecule has 0 aromatic carbocycles. The van der Waals surface area contributed by atoms with E-state index in [0.29, 0.717) is 11.7 Å². The Bertz CT molecular complexity index is 823. The quantitative estimate of drug-likeness (QED) is 0.720. The standard InChI is InChI=1S/C18H21N5O2/c1-12-15(13(2)24-21-12)11-23-9-4-3-7-16(23)18-20-17(22-25-18)14-6-5-8-19-10-14/h5-6,8,10,16H,3-4,7,9,11H2,1-2H3. The van der Waals surface area contributed by atoms with Gasteiger partial charge in [-0.05, 0) is 45.4 Å². The summed E-state index contributed by atoms with van der Waals surface area (Å²) in [5.41, 5.74) is 2.97. The summed E-state index contributed by atoms with van der Waals surface area (Å²) in [6.07, 6.45) is 6.82. The molecule has 0 N–H and O–H groups in total. The Morgan fingerprint density at radius 1 is 1.20 bits per heavy atom. The van der Waals surface area contributed by atoms with Crippen molar-refractivity contribution >= 4 is 0 Å². The van der Waals surface area contributed by atoms with E-state index in [1.165, 1.54) is 6.42 Å². The normalized spacial score (nSPS) is 18.6. The first-order valence-electron chi connectivity index (χ1n) is 8.62. The lowest BCUT2D eigenvalue weighted by molar-refractivity contribution is 0.111. The lowest BCUT2D eigenvalue weighted by Crippen LogP contribution is -2.33. The first-order chi connectivity index (χ1) is 12.2. The number of piperidine rings is 1. The third kappa shape index (κ3) is 3.19. The van der Waals surface area contributed by atoms with Gasteiger partial charge in [0.15, 0.2) is 0 Å². The van der Waals surface area contributed by atoms with E-state index in [-0.39, 0.29) is 6.04 Å². The summed E-state index contributed by atoms with van der Waals surface area (Å²) in [5, 5.41) is 8.21. The number of aromatic nitrogens is 4. The Morgan fingerprint density at radius 3 is 2.88 bits per heavy atom. The van der Waals surface area contributed by atoms with Crippen LogP contribution in [0.4, 0.5) is 0 Å². The van der Waals surface area contributed by atoms with Crippen molar-refractivity contribution in [2.45, 2.75) is 45.7 Å². The van der Waals surface area contributed by atoms with Crippen molar-refractivity contribution in [3.63, 3.8) is 0 Å². The van der Waals surface area contributed by atoms with Crippen LogP contribution < -0.4 is 0 Å². The van der Waals surface area contributed by atoms with Crippen molar-refractivity contribution in [3.8, 4) is 11.4 Å². The zero-order valence-corrected chi connectivity index (χ0v) is 14.5. The molecule has 25 heavy (non-hydrogen) atoms. The van der Waals surface area contributed by atoms with Gasteiger partial charge in [-0.25, -0.2) is 0 Å². The molecule has 0 aliphatic carbocycles. The lowest BCUT2D eigenvalue weighted by Gasteiger charge is -2.33. The van der Waals surface area contributed by atoms with E-state index >= 15 is 0 Å². The van der Waals surface area contributed by atoms with Gasteiger partial charge < -0.3 is 9.05 Å². The maximum absolute atomic E-state index is 5.60. The summed E-state index contributed by atoms with van der Waals surface area (Å²) in [4.78, 5) is 11.1. The molecule has 130 valence electrons. The zero-order valence-electron chi connectivity index (χ0n) is 14.5. The minimum absolute atomic E-state index is 0.125. The molecule has 0 spiro atoms. The predicted octanol–water partition coefficient (Wildman–Crippen LogP) is 3.46. The summed E-state index contributed by atoms with van der Waals surface area (Å²) < 4.78 is 10.9. The number of hydrogen-bond donors (Lipinski definition) is 0. The highest BCUT2D eigenvalue weighted by Crippen LogP contribution is 2.33. The van der Waals surface area contributed by atoms with Gasteiger partial charge in [0.25, 0.3) is 0 Å². The average molecular weight is 339 g/mol. The highest BCUT2D eigenvalue weighted by Gasteiger charge is 2.30. The van der Waals surface area contributed by atoms with Gasteiger partial charge >= 0.3 is 0 Å². The molecule has 7 nitrogen and oxygen atoms in total. The van der Waals surface area contributed by atoms with Crippen LogP contribution in [0.5, 0.6) is 0 Å². The van der Waals surface area contributed by atoms with Crippen molar-refractivity contribution in [1.29, 1.82) is 0 Å². The van der Waals surface area contributed by atoms with Crippen LogP contribution in [-0.2, 0) is 6.54 Å². The van der Waals surface area contributed by atoms with E-state index in [2.05, 4.69) is 25.2 Å². The molecule has 0 radical (unpaired) electrons. The molecule has 1 aliphatic heterocycles. The molecule has 4 heterocycles. The summed E-state index contributed by atoms with van der Waals surface area (Å²) >= 11 is 0. The van der Waals surface area contributed by atoms with Gasteiger partial charge in [-0.2, -0.15) is 4.98 Å². The molecule has 1 unspecified atom stereocenters. The van der Waals surface area contributed by atoms with Crippen molar-refractivity contribution in [3.05, 3.63) is 47.4 Å². The largest absolute Gasteiger partial charge is 0.361 e. The minimum Gasteiger partial charge on any atom is -0.361 e. The highest BCUT2D eigenvalue weighted by atomic mass is 16.5. The second-order valence-electron chi connectivity index (χ2n) is 6.48. The molecule has 1 fully saturated rings. The molecule has 1 atom stereocenters. The zero-order chi connectivity index (χ0) is 17.2. The lowest BCUT2D eigenvalue weighted by atomic mass is 10.0. The number of nitrogens with zero attached hydrogens (tertiary/aromatic N) is 5. The van der Waals surface area contributed by atoms with E-state index in [9.17, 15) is 0 Å². The molecule has 3 aromatic heterocycles. The Labute approximate surface area is 146 Å². The molecule has 4 rings (SSSR count). The Kier molecular flexibility index (Phi) is 4.31. The third-order valence-electron chi connectivity index (χ3n) is 4.80. The van der Waals surface area contributed by atoms with Crippen LogP contribution in [-0.4, -0.2) is 31.7 Å². The van der Waals surface area contributed by atoms with E-state index in [0.717, 1.165) is 48.5 Å². The molecular formula is C18H21N5O2. The van der Waals surface area contributed by atoms with Gasteiger partial charge in [-0.3, -0.25) is 9.88 Å². The van der Waals surface area contributed by atoms with Crippen LogP contribution in [0.2, 0.25) is 0 Å². The van der Waals surface area contributed by atoms with Crippen LogP contribution in [0.3, 0.4) is 0 Å². The van der Waals surface area contributed by atoms with Crippen molar-refractivity contribution in [2.24, 2.45) is 0 Å². The summed E-state index contributed by atoms with van der Waals surface area (Å²) in [6.45, 7) is 5.73. The van der Waals surface area contributed by atoms with Gasteiger partial charge in [-0.1, -0.05) is 16.7 Å². The second-order valence-corrected chi connectivity index (χ2v) is 6.48. The van der Waals surface area contributed by atoms with Crippen LogP contribution in [0.25, 0.3) is 11.4 Å². The first-order valence-corrected chi connectivity index (χ1v) is 8.62. The molecule has 1 aliphatic rings. The van der Waals surface area contributed by atoms with Gasteiger partial charge in [-0.15, -0.1) is 0 Å². The molecule has 7 heteroatoms. The van der Waals surface area contributed by atoms with Crippen LogP contribution in [0.15, 0.2) is 33.6 Å². The Hall–Kier alpha value is -2.54. The van der Waals surface area contributed by atoms with Gasteiger partial charge in [0.1, 0.15) is 5.76 Å². The fourth-order valence-corrected chi connectivity index (χ4v) is 3.37. The molecule has 1 saturated heterocycles. The van der Waals surface area contributed by atoms with Gasteiger partial charge in [0.2, 0.25) is 11.7 Å². The number of rotatable bonds is 4. The third-order valence-corrected chi connectivity index (χ3v) is 4.80. The topological polar surface area (TPSA) is 81.1 Å². The maximum Gasteiger partial charge on any atom is 0.244 e. The molecule has 0 saturated carbocycles. The molecule has 3 aromatic rings. The summed E-state index contributed by atoms with van der Waals surface area (Å²) in [6, 6.07) is 3.93. The van der Waals surface area contributed by atoms with Gasteiger partial charge in [0.05, 0.1) is 11.7 Å². The van der Waals surface area contributed by atoms with Crippen LogP contribution in [0, 0.1) is 13.8 Å². The van der Waals surface area contributed by atoms with Gasteiger partial charge in [0, 0.05) is 30.1 Å². The van der Waals surface area contributed by atoms with E-state index < -0.39 is 0 Å². The number of pyridine rings is 1. The summed E-state index contributed by atoms with van der Waals surface area (Å²) in [5.74, 6) is 2.14. The number of hydrogen-bond acceptors (Lipinski definition) is 7.